The summed E-state index contributed by atoms with van der Waals surface area (Å²) in [4.78, 5) is 16.9. The van der Waals surface area contributed by atoms with Crippen LogP contribution in [0.1, 0.15) is 27.0 Å². The van der Waals surface area contributed by atoms with Crippen LogP contribution in [0.2, 0.25) is 0 Å². The maximum Gasteiger partial charge on any atom is 0.257 e. The summed E-state index contributed by atoms with van der Waals surface area (Å²) in [6.07, 6.45) is 0. The van der Waals surface area contributed by atoms with Crippen molar-refractivity contribution in [3.05, 3.63) is 82.7 Å². The maximum atomic E-state index is 13.0. The summed E-state index contributed by atoms with van der Waals surface area (Å²) in [6, 6.07) is 15.0. The number of hydrogen-bond donors (Lipinski definition) is 2. The highest BCUT2D eigenvalue weighted by Crippen LogP contribution is 2.30. The van der Waals surface area contributed by atoms with Crippen LogP contribution in [0.4, 0.5) is 10.1 Å². The largest absolute Gasteiger partial charge is 0.436 e. The second-order valence-corrected chi connectivity index (χ2v) is 7.80. The molecule has 0 unspecified atom stereocenters. The van der Waals surface area contributed by atoms with Gasteiger partial charge >= 0.3 is 0 Å². The average Bonchev–Trinajstić information content (AvgIpc) is 3.14. The SMILES string of the molecule is Cc1cc(C)c2oc(-c3ccc(C)c(NC(=S)NC(=O)c4ccc(F)cc4)c3)nc2c1. The van der Waals surface area contributed by atoms with Crippen LogP contribution >= 0.6 is 12.2 Å². The Morgan fingerprint density at radius 2 is 1.74 bits per heavy atom. The normalized spacial score (nSPS) is 10.8. The number of anilines is 1. The van der Waals surface area contributed by atoms with E-state index in [0.29, 0.717) is 11.5 Å². The molecule has 4 rings (SSSR count). The summed E-state index contributed by atoms with van der Waals surface area (Å²) in [7, 11) is 0. The Kier molecular flexibility index (Phi) is 5.52. The fourth-order valence-electron chi connectivity index (χ4n) is 3.32. The Bertz CT molecular complexity index is 1310. The number of benzene rings is 3. The number of carbonyl (C=O) groups excluding carboxylic acids is 1. The van der Waals surface area contributed by atoms with E-state index in [0.717, 1.165) is 39.0 Å². The quantitative estimate of drug-likeness (QED) is 0.407. The lowest BCUT2D eigenvalue weighted by Gasteiger charge is -2.12. The molecule has 1 aromatic heterocycles. The van der Waals surface area contributed by atoms with Crippen molar-refractivity contribution >= 4 is 40.0 Å². The number of carbonyl (C=O) groups is 1. The molecule has 1 heterocycles. The van der Waals surface area contributed by atoms with E-state index < -0.39 is 11.7 Å². The first-order chi connectivity index (χ1) is 14.8. The van der Waals surface area contributed by atoms with Crippen molar-refractivity contribution < 1.29 is 13.6 Å². The number of nitrogens with one attached hydrogen (secondary N) is 2. The van der Waals surface area contributed by atoms with Gasteiger partial charge in [0.25, 0.3) is 5.91 Å². The van der Waals surface area contributed by atoms with Gasteiger partial charge in [-0.1, -0.05) is 12.1 Å². The number of amides is 1. The molecule has 0 atom stereocenters. The first-order valence-electron chi connectivity index (χ1n) is 9.67. The molecule has 5 nitrogen and oxygen atoms in total. The monoisotopic (exact) mass is 433 g/mol. The number of hydrogen-bond acceptors (Lipinski definition) is 4. The van der Waals surface area contributed by atoms with Crippen LogP contribution in [-0.4, -0.2) is 16.0 Å². The molecule has 0 fully saturated rings. The van der Waals surface area contributed by atoms with Crippen molar-refractivity contribution in [1.29, 1.82) is 0 Å². The van der Waals surface area contributed by atoms with Crippen molar-refractivity contribution in [2.75, 3.05) is 5.32 Å². The smallest absolute Gasteiger partial charge is 0.257 e. The molecule has 3 aromatic carbocycles. The third-order valence-electron chi connectivity index (χ3n) is 4.89. The predicted molar refractivity (Wildman–Crippen MR) is 124 cm³/mol. The Morgan fingerprint density at radius 3 is 2.48 bits per heavy atom. The Labute approximate surface area is 184 Å². The summed E-state index contributed by atoms with van der Waals surface area (Å²) < 4.78 is 19.0. The van der Waals surface area contributed by atoms with Gasteiger partial charge in [0, 0.05) is 16.8 Å². The number of fused-ring (bicyclic) bond motifs is 1. The zero-order chi connectivity index (χ0) is 22.1. The van der Waals surface area contributed by atoms with Gasteiger partial charge in [-0.3, -0.25) is 10.1 Å². The maximum absolute atomic E-state index is 13.0. The van der Waals surface area contributed by atoms with Crippen molar-refractivity contribution in [1.82, 2.24) is 10.3 Å². The molecule has 4 aromatic rings. The first kappa shape index (κ1) is 20.7. The van der Waals surface area contributed by atoms with Gasteiger partial charge in [-0.2, -0.15) is 0 Å². The van der Waals surface area contributed by atoms with E-state index in [1.54, 1.807) is 0 Å². The number of rotatable bonds is 3. The molecule has 1 amide bonds. The summed E-state index contributed by atoms with van der Waals surface area (Å²) in [6.45, 7) is 5.95. The molecule has 156 valence electrons. The predicted octanol–water partition coefficient (Wildman–Crippen LogP) is 5.69. The number of thiocarbonyl (C=S) groups is 1. The minimum absolute atomic E-state index is 0.138. The van der Waals surface area contributed by atoms with Crippen molar-refractivity contribution in [2.45, 2.75) is 20.8 Å². The van der Waals surface area contributed by atoms with E-state index in [9.17, 15) is 9.18 Å². The second kappa shape index (κ2) is 8.28. The number of aryl methyl sites for hydroxylation is 3. The van der Waals surface area contributed by atoms with Gasteiger partial charge in [-0.25, -0.2) is 9.37 Å². The van der Waals surface area contributed by atoms with E-state index in [1.165, 1.54) is 24.3 Å². The summed E-state index contributed by atoms with van der Waals surface area (Å²) in [5.74, 6) is -0.321. The molecule has 0 aliphatic carbocycles. The van der Waals surface area contributed by atoms with Crippen LogP contribution < -0.4 is 10.6 Å². The van der Waals surface area contributed by atoms with E-state index in [4.69, 9.17) is 16.6 Å². The molecule has 31 heavy (non-hydrogen) atoms. The van der Waals surface area contributed by atoms with E-state index in [-0.39, 0.29) is 5.11 Å². The van der Waals surface area contributed by atoms with Gasteiger partial charge in [0.15, 0.2) is 10.7 Å². The van der Waals surface area contributed by atoms with E-state index in [2.05, 4.69) is 21.7 Å². The molecule has 0 spiro atoms. The Balaban J connectivity index is 1.55. The van der Waals surface area contributed by atoms with E-state index in [1.807, 2.05) is 45.0 Å². The van der Waals surface area contributed by atoms with E-state index >= 15 is 0 Å². The number of oxazole rings is 1. The van der Waals surface area contributed by atoms with Gasteiger partial charge in [-0.05, 0) is 92.1 Å². The molecule has 0 saturated heterocycles. The molecule has 0 aliphatic heterocycles. The second-order valence-electron chi connectivity index (χ2n) is 7.39. The third-order valence-corrected chi connectivity index (χ3v) is 5.09. The highest BCUT2D eigenvalue weighted by Gasteiger charge is 2.14. The molecule has 0 saturated carbocycles. The highest BCUT2D eigenvalue weighted by atomic mass is 32.1. The number of aromatic nitrogens is 1. The van der Waals surface area contributed by atoms with Gasteiger partial charge in [0.05, 0.1) is 0 Å². The minimum atomic E-state index is -0.420. The fourth-order valence-corrected chi connectivity index (χ4v) is 3.52. The van der Waals surface area contributed by atoms with Gasteiger partial charge in [0.1, 0.15) is 11.3 Å². The van der Waals surface area contributed by atoms with Gasteiger partial charge in [-0.15, -0.1) is 0 Å². The lowest BCUT2D eigenvalue weighted by molar-refractivity contribution is 0.0977. The van der Waals surface area contributed by atoms with Gasteiger partial charge < -0.3 is 9.73 Å². The van der Waals surface area contributed by atoms with Crippen LogP contribution in [0.15, 0.2) is 59.0 Å². The molecule has 0 bridgehead atoms. The molecular formula is C24H20FN3O2S. The molecule has 2 N–H and O–H groups in total. The van der Waals surface area contributed by atoms with Crippen LogP contribution in [0.5, 0.6) is 0 Å². The van der Waals surface area contributed by atoms with Crippen LogP contribution in [-0.2, 0) is 0 Å². The van der Waals surface area contributed by atoms with Crippen LogP contribution in [0.3, 0.4) is 0 Å². The zero-order valence-electron chi connectivity index (χ0n) is 17.2. The summed E-state index contributed by atoms with van der Waals surface area (Å²) in [5, 5.41) is 5.79. The topological polar surface area (TPSA) is 67.2 Å². The average molecular weight is 434 g/mol. The zero-order valence-corrected chi connectivity index (χ0v) is 18.1. The molecule has 0 radical (unpaired) electrons. The molecule has 0 aliphatic rings. The Hall–Kier alpha value is -3.58. The standard InChI is InChI=1S/C24H20FN3O2S/c1-13-10-15(3)21-20(11-13)26-23(30-21)17-5-4-14(2)19(12-17)27-24(31)28-22(29)16-6-8-18(25)9-7-16/h4-12H,1-3H3,(H2,27,28,29,31). The Morgan fingerprint density at radius 1 is 1.00 bits per heavy atom. The number of nitrogens with zero attached hydrogens (tertiary/aromatic N) is 1. The lowest BCUT2D eigenvalue weighted by atomic mass is 10.1. The highest BCUT2D eigenvalue weighted by molar-refractivity contribution is 7.80. The van der Waals surface area contributed by atoms with Crippen molar-refractivity contribution in [2.24, 2.45) is 0 Å². The molecular weight excluding hydrogens is 413 g/mol. The van der Waals surface area contributed by atoms with Crippen LogP contribution in [0, 0.1) is 26.6 Å². The van der Waals surface area contributed by atoms with Crippen molar-refractivity contribution in [3.63, 3.8) is 0 Å². The van der Waals surface area contributed by atoms with Crippen LogP contribution in [0.25, 0.3) is 22.6 Å². The molecule has 7 heteroatoms. The van der Waals surface area contributed by atoms with Gasteiger partial charge in [0.2, 0.25) is 5.89 Å². The lowest BCUT2D eigenvalue weighted by Crippen LogP contribution is -2.34. The van der Waals surface area contributed by atoms with Crippen molar-refractivity contribution in [3.8, 4) is 11.5 Å². The third kappa shape index (κ3) is 4.46. The summed E-state index contributed by atoms with van der Waals surface area (Å²) in [5.41, 5.74) is 6.48. The number of halogens is 1. The minimum Gasteiger partial charge on any atom is -0.436 e. The fraction of sp³-hybridized carbons (Fsp3) is 0.125. The first-order valence-corrected chi connectivity index (χ1v) is 10.1. The summed E-state index contributed by atoms with van der Waals surface area (Å²) >= 11 is 5.29.